The van der Waals surface area contributed by atoms with Gasteiger partial charge in [-0.15, -0.1) is 0 Å². The molecule has 1 unspecified atom stereocenters. The SMILES string of the molecule is COc1ccc(CCCC(=O)N2CCCC2c2cccn2C)cc1F. The van der Waals surface area contributed by atoms with Crippen LogP contribution in [0.3, 0.4) is 0 Å². The van der Waals surface area contributed by atoms with E-state index >= 15 is 0 Å². The number of benzene rings is 1. The molecule has 0 N–H and O–H groups in total. The molecular weight excluding hydrogens is 319 g/mol. The molecule has 3 rings (SSSR count). The summed E-state index contributed by atoms with van der Waals surface area (Å²) in [6, 6.07) is 9.29. The minimum Gasteiger partial charge on any atom is -0.494 e. The number of carbonyl (C=O) groups is 1. The molecule has 1 amide bonds. The number of nitrogens with zero attached hydrogens (tertiary/aromatic N) is 2. The van der Waals surface area contributed by atoms with Gasteiger partial charge >= 0.3 is 0 Å². The molecule has 0 saturated carbocycles. The summed E-state index contributed by atoms with van der Waals surface area (Å²) in [5, 5.41) is 0. The van der Waals surface area contributed by atoms with Crippen LogP contribution in [0.1, 0.15) is 43.0 Å². The Morgan fingerprint density at radius 3 is 2.88 bits per heavy atom. The number of halogens is 1. The number of aryl methyl sites for hydroxylation is 2. The van der Waals surface area contributed by atoms with Crippen LogP contribution in [0.25, 0.3) is 0 Å². The molecule has 1 aromatic carbocycles. The Kier molecular flexibility index (Phi) is 5.41. The maximum atomic E-state index is 13.7. The van der Waals surface area contributed by atoms with Crippen LogP contribution in [0, 0.1) is 5.82 Å². The molecule has 2 aromatic rings. The average molecular weight is 344 g/mol. The van der Waals surface area contributed by atoms with E-state index in [0.29, 0.717) is 12.8 Å². The molecule has 0 aliphatic carbocycles. The molecule has 1 saturated heterocycles. The molecular formula is C20H25FN2O2. The number of carbonyl (C=O) groups excluding carboxylic acids is 1. The maximum absolute atomic E-state index is 13.7. The van der Waals surface area contributed by atoms with E-state index < -0.39 is 0 Å². The Bertz CT molecular complexity index is 741. The number of hydrogen-bond donors (Lipinski definition) is 0. The number of hydrogen-bond acceptors (Lipinski definition) is 2. The Hall–Kier alpha value is -2.30. The molecule has 25 heavy (non-hydrogen) atoms. The zero-order valence-corrected chi connectivity index (χ0v) is 14.9. The van der Waals surface area contributed by atoms with Crippen LogP contribution in [0.15, 0.2) is 36.5 Å². The Morgan fingerprint density at radius 2 is 2.20 bits per heavy atom. The van der Waals surface area contributed by atoms with Crippen molar-refractivity contribution >= 4 is 5.91 Å². The fourth-order valence-electron chi connectivity index (χ4n) is 3.65. The first-order chi connectivity index (χ1) is 12.1. The van der Waals surface area contributed by atoms with Crippen LogP contribution < -0.4 is 4.74 Å². The fourth-order valence-corrected chi connectivity index (χ4v) is 3.65. The summed E-state index contributed by atoms with van der Waals surface area (Å²) < 4.78 is 20.7. The number of methoxy groups -OCH3 is 1. The average Bonchev–Trinajstić information content (AvgIpc) is 3.23. The van der Waals surface area contributed by atoms with Crippen molar-refractivity contribution in [3.63, 3.8) is 0 Å². The van der Waals surface area contributed by atoms with Crippen LogP contribution in [0.2, 0.25) is 0 Å². The van der Waals surface area contributed by atoms with Crippen molar-refractivity contribution in [3.8, 4) is 5.75 Å². The standard InChI is InChI=1S/C20H25FN2O2/c1-22-12-4-7-17(22)18-8-5-13-23(18)20(24)9-3-6-15-10-11-19(25-2)16(21)14-15/h4,7,10-12,14,18H,3,5-6,8-9,13H2,1-2H3. The van der Waals surface area contributed by atoms with Gasteiger partial charge in [-0.3, -0.25) is 4.79 Å². The van der Waals surface area contributed by atoms with Crippen molar-refractivity contribution in [1.29, 1.82) is 0 Å². The van der Waals surface area contributed by atoms with E-state index in [2.05, 4.69) is 10.6 Å². The lowest BCUT2D eigenvalue weighted by atomic mass is 10.1. The van der Waals surface area contributed by atoms with Crippen molar-refractivity contribution in [3.05, 3.63) is 53.6 Å². The molecule has 0 spiro atoms. The number of ether oxygens (including phenoxy) is 1. The minimum atomic E-state index is -0.352. The summed E-state index contributed by atoms with van der Waals surface area (Å²) >= 11 is 0. The van der Waals surface area contributed by atoms with Crippen LogP contribution in [0.5, 0.6) is 5.75 Å². The third-order valence-electron chi connectivity index (χ3n) is 4.97. The van der Waals surface area contributed by atoms with E-state index in [1.165, 1.54) is 18.9 Å². The van der Waals surface area contributed by atoms with Crippen LogP contribution in [-0.2, 0) is 18.3 Å². The normalized spacial score (nSPS) is 17.1. The van der Waals surface area contributed by atoms with Gasteiger partial charge in [-0.25, -0.2) is 4.39 Å². The van der Waals surface area contributed by atoms with Crippen LogP contribution >= 0.6 is 0 Å². The topological polar surface area (TPSA) is 34.5 Å². The lowest BCUT2D eigenvalue weighted by Gasteiger charge is -2.25. The van der Waals surface area contributed by atoms with Crippen molar-refractivity contribution in [2.45, 2.75) is 38.1 Å². The monoisotopic (exact) mass is 344 g/mol. The van der Waals surface area contributed by atoms with Crippen LogP contribution in [0.4, 0.5) is 4.39 Å². The van der Waals surface area contributed by atoms with Gasteiger partial charge in [-0.05, 0) is 55.5 Å². The van der Waals surface area contributed by atoms with Gasteiger partial charge in [-0.2, -0.15) is 0 Å². The molecule has 0 radical (unpaired) electrons. The highest BCUT2D eigenvalue weighted by Crippen LogP contribution is 2.32. The maximum Gasteiger partial charge on any atom is 0.223 e. The second kappa shape index (κ2) is 7.72. The predicted molar refractivity (Wildman–Crippen MR) is 95.0 cm³/mol. The van der Waals surface area contributed by atoms with Gasteiger partial charge in [0.15, 0.2) is 11.6 Å². The van der Waals surface area contributed by atoms with Crippen molar-refractivity contribution in [2.24, 2.45) is 7.05 Å². The second-order valence-corrected chi connectivity index (χ2v) is 6.61. The van der Waals surface area contributed by atoms with E-state index in [1.54, 1.807) is 6.07 Å². The number of amides is 1. The van der Waals surface area contributed by atoms with Crippen LogP contribution in [-0.4, -0.2) is 29.0 Å². The molecule has 2 heterocycles. The van der Waals surface area contributed by atoms with E-state index in [9.17, 15) is 9.18 Å². The largest absolute Gasteiger partial charge is 0.494 e. The molecule has 1 fully saturated rings. The van der Waals surface area contributed by atoms with Crippen molar-refractivity contribution in [2.75, 3.05) is 13.7 Å². The fraction of sp³-hybridized carbons (Fsp3) is 0.450. The molecule has 4 nitrogen and oxygen atoms in total. The Balaban J connectivity index is 1.55. The zero-order valence-electron chi connectivity index (χ0n) is 14.9. The van der Waals surface area contributed by atoms with Gasteiger partial charge in [0.05, 0.1) is 13.2 Å². The Morgan fingerprint density at radius 1 is 1.36 bits per heavy atom. The first-order valence-corrected chi connectivity index (χ1v) is 8.83. The van der Waals surface area contributed by atoms with Crippen molar-refractivity contribution in [1.82, 2.24) is 9.47 Å². The highest BCUT2D eigenvalue weighted by atomic mass is 19.1. The summed E-state index contributed by atoms with van der Waals surface area (Å²) in [5.74, 6) is 0.0922. The first-order valence-electron chi connectivity index (χ1n) is 8.83. The predicted octanol–water partition coefficient (Wildman–Crippen LogP) is 3.86. The smallest absolute Gasteiger partial charge is 0.223 e. The third kappa shape index (κ3) is 3.86. The lowest BCUT2D eigenvalue weighted by Crippen LogP contribution is -2.31. The lowest BCUT2D eigenvalue weighted by molar-refractivity contribution is -0.132. The molecule has 1 aliphatic rings. The van der Waals surface area contributed by atoms with Crippen molar-refractivity contribution < 1.29 is 13.9 Å². The Labute approximate surface area is 148 Å². The summed E-state index contributed by atoms with van der Waals surface area (Å²) in [6.45, 7) is 0.825. The zero-order chi connectivity index (χ0) is 17.8. The summed E-state index contributed by atoms with van der Waals surface area (Å²) in [4.78, 5) is 14.6. The number of aromatic nitrogens is 1. The van der Waals surface area contributed by atoms with Gasteiger partial charge in [0.2, 0.25) is 5.91 Å². The second-order valence-electron chi connectivity index (χ2n) is 6.61. The quantitative estimate of drug-likeness (QED) is 0.797. The molecule has 1 atom stereocenters. The van der Waals surface area contributed by atoms with Gasteiger partial charge < -0.3 is 14.2 Å². The van der Waals surface area contributed by atoms with Gasteiger partial charge in [0, 0.05) is 31.9 Å². The summed E-state index contributed by atoms with van der Waals surface area (Å²) in [6.07, 6.45) is 6.00. The minimum absolute atomic E-state index is 0.186. The first kappa shape index (κ1) is 17.5. The highest BCUT2D eigenvalue weighted by Gasteiger charge is 2.30. The molecule has 1 aliphatic heterocycles. The number of rotatable bonds is 6. The van der Waals surface area contributed by atoms with E-state index in [4.69, 9.17) is 4.74 Å². The van der Waals surface area contributed by atoms with E-state index in [-0.39, 0.29) is 23.5 Å². The van der Waals surface area contributed by atoms with Gasteiger partial charge in [0.25, 0.3) is 0 Å². The van der Waals surface area contributed by atoms with Gasteiger partial charge in [-0.1, -0.05) is 6.07 Å². The molecule has 1 aromatic heterocycles. The molecule has 134 valence electrons. The van der Waals surface area contributed by atoms with E-state index in [1.807, 2.05) is 30.3 Å². The molecule has 5 heteroatoms. The third-order valence-corrected chi connectivity index (χ3v) is 4.97. The summed E-state index contributed by atoms with van der Waals surface area (Å²) in [5.41, 5.74) is 2.09. The van der Waals surface area contributed by atoms with E-state index in [0.717, 1.165) is 31.4 Å². The molecule has 0 bridgehead atoms. The number of likely N-dealkylation sites (tertiary alicyclic amines) is 1. The summed E-state index contributed by atoms with van der Waals surface area (Å²) in [7, 11) is 3.48. The highest BCUT2D eigenvalue weighted by molar-refractivity contribution is 5.77. The van der Waals surface area contributed by atoms with Gasteiger partial charge in [0.1, 0.15) is 0 Å².